The highest BCUT2D eigenvalue weighted by atomic mass is 79.9. The fourth-order valence-corrected chi connectivity index (χ4v) is 4.47. The summed E-state index contributed by atoms with van der Waals surface area (Å²) in [5, 5.41) is 5.50. The molecule has 30 heavy (non-hydrogen) atoms. The van der Waals surface area contributed by atoms with E-state index in [9.17, 15) is 4.79 Å². The molecule has 0 saturated carbocycles. The number of aromatic nitrogens is 1. The van der Waals surface area contributed by atoms with E-state index in [2.05, 4.69) is 43.3 Å². The summed E-state index contributed by atoms with van der Waals surface area (Å²) in [7, 11) is 3.32. The Bertz CT molecular complexity index is 1050. The highest BCUT2D eigenvalue weighted by Crippen LogP contribution is 2.33. The molecule has 0 fully saturated rings. The van der Waals surface area contributed by atoms with Gasteiger partial charge in [0.15, 0.2) is 16.6 Å². The molecule has 0 unspecified atom stereocenters. The van der Waals surface area contributed by atoms with Crippen molar-refractivity contribution in [2.45, 2.75) is 19.5 Å². The number of ether oxygens (including phenoxy) is 2. The Morgan fingerprint density at radius 2 is 1.87 bits per heavy atom. The van der Waals surface area contributed by atoms with Crippen LogP contribution in [0.15, 0.2) is 46.3 Å². The summed E-state index contributed by atoms with van der Waals surface area (Å²) in [5.41, 5.74) is 4.10. The monoisotopic (exact) mass is 487 g/mol. The summed E-state index contributed by atoms with van der Waals surface area (Å²) >= 11 is 4.82. The Balaban J connectivity index is 1.39. The number of anilines is 1. The van der Waals surface area contributed by atoms with Crippen LogP contribution in [0.5, 0.6) is 11.5 Å². The molecule has 1 amide bonds. The van der Waals surface area contributed by atoms with Crippen LogP contribution < -0.4 is 14.8 Å². The number of carbonyl (C=O) groups is 1. The number of nitrogens with one attached hydrogen (secondary N) is 1. The van der Waals surface area contributed by atoms with Gasteiger partial charge in [-0.15, -0.1) is 11.3 Å². The molecule has 0 aliphatic carbocycles. The maximum absolute atomic E-state index is 12.4. The zero-order valence-corrected chi connectivity index (χ0v) is 19.2. The molecule has 2 heterocycles. The quantitative estimate of drug-likeness (QED) is 0.544. The number of hydrogen-bond donors (Lipinski definition) is 1. The lowest BCUT2D eigenvalue weighted by Gasteiger charge is -2.29. The Morgan fingerprint density at radius 1 is 1.17 bits per heavy atom. The van der Waals surface area contributed by atoms with Crippen molar-refractivity contribution in [2.24, 2.45) is 0 Å². The standard InChI is InChI=1S/C22H22BrN3O3S/c1-28-19-9-15-7-8-26(11-16(15)10-20(19)29-2)12-18-13-30-22(24-18)25-21(27)14-3-5-17(23)6-4-14/h3-6,9-10,13H,7-8,11-12H2,1-2H3,(H,24,25,27). The zero-order valence-electron chi connectivity index (χ0n) is 16.8. The van der Waals surface area contributed by atoms with Crippen LogP contribution in [0, 0.1) is 0 Å². The van der Waals surface area contributed by atoms with Gasteiger partial charge in [0.2, 0.25) is 0 Å². The van der Waals surface area contributed by atoms with Gasteiger partial charge in [0.25, 0.3) is 5.91 Å². The average Bonchev–Trinajstić information content (AvgIpc) is 3.19. The van der Waals surface area contributed by atoms with Gasteiger partial charge < -0.3 is 9.47 Å². The average molecular weight is 488 g/mol. The van der Waals surface area contributed by atoms with Crippen molar-refractivity contribution in [1.29, 1.82) is 0 Å². The first-order valence-corrected chi connectivity index (χ1v) is 11.2. The van der Waals surface area contributed by atoms with E-state index < -0.39 is 0 Å². The molecule has 156 valence electrons. The van der Waals surface area contributed by atoms with E-state index in [1.165, 1.54) is 22.5 Å². The molecule has 0 atom stereocenters. The molecule has 4 rings (SSSR count). The van der Waals surface area contributed by atoms with Gasteiger partial charge in [0, 0.05) is 35.1 Å². The van der Waals surface area contributed by atoms with E-state index in [1.54, 1.807) is 26.4 Å². The van der Waals surface area contributed by atoms with Gasteiger partial charge in [-0.3, -0.25) is 15.0 Å². The summed E-state index contributed by atoms with van der Waals surface area (Å²) in [6.45, 7) is 2.51. The van der Waals surface area contributed by atoms with Crippen LogP contribution in [0.4, 0.5) is 5.13 Å². The smallest absolute Gasteiger partial charge is 0.257 e. The lowest BCUT2D eigenvalue weighted by atomic mass is 9.98. The van der Waals surface area contributed by atoms with Crippen molar-refractivity contribution in [1.82, 2.24) is 9.88 Å². The minimum Gasteiger partial charge on any atom is -0.493 e. The lowest BCUT2D eigenvalue weighted by molar-refractivity contribution is 0.102. The molecule has 0 saturated heterocycles. The van der Waals surface area contributed by atoms with Crippen molar-refractivity contribution in [3.63, 3.8) is 0 Å². The number of nitrogens with zero attached hydrogens (tertiary/aromatic N) is 2. The Labute approximate surface area is 188 Å². The van der Waals surface area contributed by atoms with Crippen LogP contribution in [-0.2, 0) is 19.5 Å². The van der Waals surface area contributed by atoms with Gasteiger partial charge in [0.05, 0.1) is 19.9 Å². The predicted octanol–water partition coefficient (Wildman–Crippen LogP) is 4.73. The first kappa shape index (κ1) is 20.8. The second-order valence-corrected chi connectivity index (χ2v) is 8.82. The second-order valence-electron chi connectivity index (χ2n) is 7.04. The summed E-state index contributed by atoms with van der Waals surface area (Å²) in [6.07, 6.45) is 0.951. The number of fused-ring (bicyclic) bond motifs is 1. The van der Waals surface area contributed by atoms with Crippen molar-refractivity contribution in [3.8, 4) is 11.5 Å². The summed E-state index contributed by atoms with van der Waals surface area (Å²) in [4.78, 5) is 19.3. The number of thiazole rings is 1. The molecule has 1 aliphatic heterocycles. The van der Waals surface area contributed by atoms with Crippen molar-refractivity contribution >= 4 is 38.3 Å². The first-order chi connectivity index (χ1) is 14.6. The van der Waals surface area contributed by atoms with Gasteiger partial charge in [-0.25, -0.2) is 4.98 Å². The number of amides is 1. The fourth-order valence-electron chi connectivity index (χ4n) is 3.51. The third kappa shape index (κ3) is 4.66. The third-order valence-electron chi connectivity index (χ3n) is 5.06. The fraction of sp³-hybridized carbons (Fsp3) is 0.273. The van der Waals surface area contributed by atoms with E-state index >= 15 is 0 Å². The minimum absolute atomic E-state index is 0.156. The Hall–Kier alpha value is -2.42. The SMILES string of the molecule is COc1cc2c(cc1OC)CN(Cc1csc(NC(=O)c3ccc(Br)cc3)n1)CC2. The van der Waals surface area contributed by atoms with Crippen LogP contribution >= 0.6 is 27.3 Å². The van der Waals surface area contributed by atoms with Gasteiger partial charge in [0.1, 0.15) is 0 Å². The van der Waals surface area contributed by atoms with E-state index in [4.69, 9.17) is 9.47 Å². The van der Waals surface area contributed by atoms with Gasteiger partial charge in [-0.05, 0) is 53.9 Å². The summed E-state index contributed by atoms with van der Waals surface area (Å²) in [5.74, 6) is 1.37. The minimum atomic E-state index is -0.156. The number of halogens is 1. The maximum atomic E-state index is 12.4. The molecule has 0 radical (unpaired) electrons. The number of carbonyl (C=O) groups excluding carboxylic acids is 1. The molecule has 1 N–H and O–H groups in total. The second kappa shape index (κ2) is 9.16. The van der Waals surface area contributed by atoms with Crippen molar-refractivity contribution in [3.05, 3.63) is 68.6 Å². The molecular formula is C22H22BrN3O3S. The lowest BCUT2D eigenvalue weighted by Crippen LogP contribution is -2.30. The highest BCUT2D eigenvalue weighted by Gasteiger charge is 2.20. The topological polar surface area (TPSA) is 63.7 Å². The molecule has 1 aliphatic rings. The Morgan fingerprint density at radius 3 is 2.57 bits per heavy atom. The zero-order chi connectivity index (χ0) is 21.1. The van der Waals surface area contributed by atoms with Crippen molar-refractivity contribution < 1.29 is 14.3 Å². The van der Waals surface area contributed by atoms with Gasteiger partial charge >= 0.3 is 0 Å². The molecule has 6 nitrogen and oxygen atoms in total. The maximum Gasteiger partial charge on any atom is 0.257 e. The first-order valence-electron chi connectivity index (χ1n) is 9.53. The molecule has 8 heteroatoms. The molecule has 1 aromatic heterocycles. The summed E-state index contributed by atoms with van der Waals surface area (Å²) in [6, 6.07) is 11.4. The Kier molecular flexibility index (Phi) is 6.36. The number of benzene rings is 2. The third-order valence-corrected chi connectivity index (χ3v) is 6.40. The van der Waals surface area contributed by atoms with Crippen LogP contribution in [0.2, 0.25) is 0 Å². The van der Waals surface area contributed by atoms with E-state index in [0.717, 1.165) is 47.7 Å². The number of hydrogen-bond acceptors (Lipinski definition) is 6. The predicted molar refractivity (Wildman–Crippen MR) is 122 cm³/mol. The van der Waals surface area contributed by atoms with E-state index in [-0.39, 0.29) is 5.91 Å². The van der Waals surface area contributed by atoms with Crippen LogP contribution in [0.25, 0.3) is 0 Å². The summed E-state index contributed by atoms with van der Waals surface area (Å²) < 4.78 is 11.8. The number of rotatable bonds is 6. The number of methoxy groups -OCH3 is 2. The van der Waals surface area contributed by atoms with E-state index in [0.29, 0.717) is 10.7 Å². The molecular weight excluding hydrogens is 466 g/mol. The molecule has 0 bridgehead atoms. The van der Waals surface area contributed by atoms with Gasteiger partial charge in [-0.2, -0.15) is 0 Å². The highest BCUT2D eigenvalue weighted by molar-refractivity contribution is 9.10. The van der Waals surface area contributed by atoms with Crippen LogP contribution in [0.3, 0.4) is 0 Å². The van der Waals surface area contributed by atoms with Gasteiger partial charge in [-0.1, -0.05) is 15.9 Å². The largest absolute Gasteiger partial charge is 0.493 e. The normalized spacial score (nSPS) is 13.6. The molecule has 2 aromatic carbocycles. The molecule has 3 aromatic rings. The van der Waals surface area contributed by atoms with Crippen LogP contribution in [-0.4, -0.2) is 36.6 Å². The van der Waals surface area contributed by atoms with Crippen molar-refractivity contribution in [2.75, 3.05) is 26.1 Å². The van der Waals surface area contributed by atoms with Crippen LogP contribution in [0.1, 0.15) is 27.2 Å². The van der Waals surface area contributed by atoms with E-state index in [1.807, 2.05) is 17.5 Å². The molecule has 0 spiro atoms.